The molecule has 0 aliphatic heterocycles. The molecule has 0 radical (unpaired) electrons. The zero-order chi connectivity index (χ0) is 13.3. The maximum absolute atomic E-state index is 13.5. The molecule has 18 heavy (non-hydrogen) atoms. The quantitative estimate of drug-likeness (QED) is 0.887. The molecule has 2 aromatic carbocycles. The molecule has 1 nitrogen and oxygen atoms in total. The van der Waals surface area contributed by atoms with Gasteiger partial charge in [0.1, 0.15) is 5.82 Å². The third-order valence-corrected chi connectivity index (χ3v) is 3.77. The summed E-state index contributed by atoms with van der Waals surface area (Å²) in [6.07, 6.45) is 0. The van der Waals surface area contributed by atoms with Gasteiger partial charge in [-0.3, -0.25) is 0 Å². The molecule has 0 saturated carbocycles. The largest absolute Gasteiger partial charge is 0.318 e. The van der Waals surface area contributed by atoms with Crippen LogP contribution in [0.1, 0.15) is 23.6 Å². The van der Waals surface area contributed by atoms with Gasteiger partial charge in [-0.2, -0.15) is 0 Å². The second-order valence-electron chi connectivity index (χ2n) is 4.70. The second-order valence-corrected chi connectivity index (χ2v) is 5.55. The van der Waals surface area contributed by atoms with Gasteiger partial charge in [-0.05, 0) is 48.7 Å². The van der Waals surface area contributed by atoms with E-state index in [-0.39, 0.29) is 5.82 Å². The summed E-state index contributed by atoms with van der Waals surface area (Å²) in [5.74, 6) is -0.256. The molecule has 0 aliphatic rings. The van der Waals surface area contributed by atoms with Crippen LogP contribution in [0.25, 0.3) is 0 Å². The van der Waals surface area contributed by atoms with Crippen molar-refractivity contribution in [1.82, 2.24) is 0 Å². The first-order chi connectivity index (χ1) is 8.41. The summed E-state index contributed by atoms with van der Waals surface area (Å²) in [6, 6.07) is 12.7. The lowest BCUT2D eigenvalue weighted by Gasteiger charge is -2.27. The Balaban J connectivity index is 2.57. The van der Waals surface area contributed by atoms with Crippen LogP contribution in [-0.4, -0.2) is 0 Å². The van der Waals surface area contributed by atoms with Crippen LogP contribution in [0.5, 0.6) is 0 Å². The fraction of sp³-hybridized carbons (Fsp3) is 0.200. The van der Waals surface area contributed by atoms with Crippen LogP contribution >= 0.6 is 15.9 Å². The fourth-order valence-electron chi connectivity index (χ4n) is 2.07. The monoisotopic (exact) mass is 307 g/mol. The highest BCUT2D eigenvalue weighted by atomic mass is 79.9. The van der Waals surface area contributed by atoms with E-state index in [2.05, 4.69) is 15.9 Å². The summed E-state index contributed by atoms with van der Waals surface area (Å²) in [6.45, 7) is 3.75. The van der Waals surface area contributed by atoms with Crippen molar-refractivity contribution in [3.05, 3.63) is 69.4 Å². The summed E-state index contributed by atoms with van der Waals surface area (Å²) < 4.78 is 14.4. The van der Waals surface area contributed by atoms with Crippen LogP contribution in [0.3, 0.4) is 0 Å². The highest BCUT2D eigenvalue weighted by Crippen LogP contribution is 2.32. The van der Waals surface area contributed by atoms with E-state index in [9.17, 15) is 4.39 Å². The standard InChI is InChI=1S/C15H15BrFN/c1-10-7-11(9-12(17)8-10)15(2,18)13-5-3-4-6-14(13)16/h3-9H,18H2,1-2H3. The van der Waals surface area contributed by atoms with Gasteiger partial charge in [-0.1, -0.05) is 40.2 Å². The van der Waals surface area contributed by atoms with Crippen molar-refractivity contribution in [2.45, 2.75) is 19.4 Å². The average Bonchev–Trinajstić information content (AvgIpc) is 2.28. The smallest absolute Gasteiger partial charge is 0.123 e. The maximum atomic E-state index is 13.5. The first-order valence-electron chi connectivity index (χ1n) is 5.73. The Morgan fingerprint density at radius 2 is 1.83 bits per heavy atom. The summed E-state index contributed by atoms with van der Waals surface area (Å²) in [5, 5.41) is 0. The summed E-state index contributed by atoms with van der Waals surface area (Å²) in [5.41, 5.74) is 8.25. The average molecular weight is 308 g/mol. The summed E-state index contributed by atoms with van der Waals surface area (Å²) in [4.78, 5) is 0. The fourth-order valence-corrected chi connectivity index (χ4v) is 2.77. The van der Waals surface area contributed by atoms with Gasteiger partial charge in [0.2, 0.25) is 0 Å². The zero-order valence-corrected chi connectivity index (χ0v) is 12.0. The molecule has 0 heterocycles. The summed E-state index contributed by atoms with van der Waals surface area (Å²) >= 11 is 3.49. The second kappa shape index (κ2) is 4.82. The number of benzene rings is 2. The Morgan fingerprint density at radius 3 is 2.44 bits per heavy atom. The van der Waals surface area contributed by atoms with Crippen molar-refractivity contribution in [3.63, 3.8) is 0 Å². The van der Waals surface area contributed by atoms with Gasteiger partial charge >= 0.3 is 0 Å². The van der Waals surface area contributed by atoms with Gasteiger partial charge in [0, 0.05) is 4.47 Å². The van der Waals surface area contributed by atoms with E-state index in [0.29, 0.717) is 0 Å². The summed E-state index contributed by atoms with van der Waals surface area (Å²) in [7, 11) is 0. The predicted octanol–water partition coefficient (Wildman–Crippen LogP) is 4.12. The molecule has 0 saturated heterocycles. The van der Waals surface area contributed by atoms with Gasteiger partial charge < -0.3 is 5.73 Å². The molecule has 2 N–H and O–H groups in total. The molecule has 2 rings (SSSR count). The lowest BCUT2D eigenvalue weighted by molar-refractivity contribution is 0.578. The number of halogens is 2. The minimum absolute atomic E-state index is 0.256. The molecule has 3 heteroatoms. The Labute approximate surface area is 115 Å². The van der Waals surface area contributed by atoms with Gasteiger partial charge in [-0.15, -0.1) is 0 Å². The van der Waals surface area contributed by atoms with Crippen molar-refractivity contribution < 1.29 is 4.39 Å². The molecule has 0 aliphatic carbocycles. The molecule has 0 aromatic heterocycles. The molecule has 0 amide bonds. The van der Waals surface area contributed by atoms with E-state index in [0.717, 1.165) is 21.2 Å². The molecule has 2 aromatic rings. The third kappa shape index (κ3) is 2.47. The van der Waals surface area contributed by atoms with Gasteiger partial charge in [0.25, 0.3) is 0 Å². The van der Waals surface area contributed by atoms with Crippen LogP contribution < -0.4 is 5.73 Å². The first kappa shape index (κ1) is 13.2. The number of aryl methyl sites for hydroxylation is 1. The van der Waals surface area contributed by atoms with Crippen molar-refractivity contribution in [2.75, 3.05) is 0 Å². The van der Waals surface area contributed by atoms with Crippen LogP contribution in [0, 0.1) is 12.7 Å². The van der Waals surface area contributed by atoms with Crippen LogP contribution in [0.4, 0.5) is 4.39 Å². The minimum atomic E-state index is -0.729. The number of hydrogen-bond acceptors (Lipinski definition) is 1. The third-order valence-electron chi connectivity index (χ3n) is 3.08. The van der Waals surface area contributed by atoms with Crippen LogP contribution in [-0.2, 0) is 5.54 Å². The molecule has 0 bridgehead atoms. The maximum Gasteiger partial charge on any atom is 0.123 e. The van der Waals surface area contributed by atoms with Crippen LogP contribution in [0.2, 0.25) is 0 Å². The normalized spacial score (nSPS) is 14.3. The molecule has 0 spiro atoms. The van der Waals surface area contributed by atoms with E-state index < -0.39 is 5.54 Å². The number of nitrogens with two attached hydrogens (primary N) is 1. The van der Waals surface area contributed by atoms with E-state index >= 15 is 0 Å². The van der Waals surface area contributed by atoms with Crippen molar-refractivity contribution in [2.24, 2.45) is 5.73 Å². The minimum Gasteiger partial charge on any atom is -0.318 e. The number of hydrogen-bond donors (Lipinski definition) is 1. The Morgan fingerprint density at radius 1 is 1.17 bits per heavy atom. The lowest BCUT2D eigenvalue weighted by Crippen LogP contribution is -2.34. The molecule has 94 valence electrons. The zero-order valence-electron chi connectivity index (χ0n) is 10.4. The Hall–Kier alpha value is -1.19. The lowest BCUT2D eigenvalue weighted by atomic mass is 9.85. The Bertz CT molecular complexity index is 558. The van der Waals surface area contributed by atoms with Crippen molar-refractivity contribution in [1.29, 1.82) is 0 Å². The van der Waals surface area contributed by atoms with E-state index in [4.69, 9.17) is 5.73 Å². The number of rotatable bonds is 2. The van der Waals surface area contributed by atoms with E-state index in [1.165, 1.54) is 12.1 Å². The molecule has 1 atom stereocenters. The molecule has 0 fully saturated rings. The van der Waals surface area contributed by atoms with Crippen molar-refractivity contribution >= 4 is 15.9 Å². The predicted molar refractivity (Wildman–Crippen MR) is 75.9 cm³/mol. The highest BCUT2D eigenvalue weighted by Gasteiger charge is 2.26. The van der Waals surface area contributed by atoms with Gasteiger partial charge in [0.05, 0.1) is 5.54 Å². The van der Waals surface area contributed by atoms with Gasteiger partial charge in [0.15, 0.2) is 0 Å². The van der Waals surface area contributed by atoms with E-state index in [1.807, 2.05) is 44.2 Å². The SMILES string of the molecule is Cc1cc(F)cc(C(C)(N)c2ccccc2Br)c1. The molecule has 1 unspecified atom stereocenters. The van der Waals surface area contributed by atoms with Crippen molar-refractivity contribution in [3.8, 4) is 0 Å². The molecular formula is C15H15BrFN. The Kier molecular flexibility index (Phi) is 3.55. The first-order valence-corrected chi connectivity index (χ1v) is 6.52. The van der Waals surface area contributed by atoms with Gasteiger partial charge in [-0.25, -0.2) is 4.39 Å². The molecular weight excluding hydrogens is 293 g/mol. The topological polar surface area (TPSA) is 26.0 Å². The highest BCUT2D eigenvalue weighted by molar-refractivity contribution is 9.10. The van der Waals surface area contributed by atoms with E-state index in [1.54, 1.807) is 0 Å². The van der Waals surface area contributed by atoms with Crippen LogP contribution in [0.15, 0.2) is 46.9 Å².